The van der Waals surface area contributed by atoms with Crippen molar-refractivity contribution in [2.75, 3.05) is 0 Å². The molecular formula is C27H28ClNO4. The highest BCUT2D eigenvalue weighted by Crippen LogP contribution is 2.29. The van der Waals surface area contributed by atoms with Crippen molar-refractivity contribution in [2.24, 2.45) is 0 Å². The molecule has 172 valence electrons. The van der Waals surface area contributed by atoms with Gasteiger partial charge in [0.2, 0.25) is 0 Å². The maximum Gasteiger partial charge on any atom is 0.253 e. The van der Waals surface area contributed by atoms with E-state index in [4.69, 9.17) is 21.1 Å². The minimum atomic E-state index is -0.292. The molecule has 0 fully saturated rings. The molecule has 0 spiro atoms. The smallest absolute Gasteiger partial charge is 0.253 e. The number of amides is 1. The van der Waals surface area contributed by atoms with Crippen molar-refractivity contribution in [1.82, 2.24) is 5.32 Å². The second-order valence-corrected chi connectivity index (χ2v) is 8.63. The van der Waals surface area contributed by atoms with Crippen molar-refractivity contribution < 1.29 is 19.1 Å². The van der Waals surface area contributed by atoms with Crippen LogP contribution >= 0.6 is 11.6 Å². The summed E-state index contributed by atoms with van der Waals surface area (Å²) >= 11 is 6.33. The highest BCUT2D eigenvalue weighted by Gasteiger charge is 2.14. The number of carbonyl (C=O) groups is 2. The number of nitrogens with one attached hydrogen (secondary N) is 1. The molecule has 0 radical (unpaired) electrons. The average molecular weight is 466 g/mol. The van der Waals surface area contributed by atoms with Crippen LogP contribution in [-0.2, 0) is 6.54 Å². The zero-order valence-corrected chi connectivity index (χ0v) is 20.0. The van der Waals surface area contributed by atoms with Crippen LogP contribution in [0.25, 0.3) is 11.1 Å². The van der Waals surface area contributed by atoms with Crippen LogP contribution in [0, 0.1) is 0 Å². The molecule has 0 aliphatic heterocycles. The molecule has 0 aliphatic rings. The van der Waals surface area contributed by atoms with E-state index in [-0.39, 0.29) is 24.7 Å². The molecule has 0 aromatic heterocycles. The summed E-state index contributed by atoms with van der Waals surface area (Å²) in [4.78, 5) is 24.0. The second kappa shape index (κ2) is 11.0. The SMILES string of the molecule is CC(C)Oc1ccc(C(=O)NCc2cc(-c3cccc(C=O)c3)ccc2OC(C)C)c(Cl)c1. The van der Waals surface area contributed by atoms with Crippen molar-refractivity contribution in [3.8, 4) is 22.6 Å². The zero-order valence-electron chi connectivity index (χ0n) is 19.2. The first-order chi connectivity index (χ1) is 15.8. The molecule has 33 heavy (non-hydrogen) atoms. The Bertz CT molecular complexity index is 1140. The molecule has 1 amide bonds. The molecule has 0 atom stereocenters. The maximum absolute atomic E-state index is 12.8. The number of halogens is 1. The van der Waals surface area contributed by atoms with Gasteiger partial charge in [0, 0.05) is 17.7 Å². The number of ether oxygens (including phenoxy) is 2. The first-order valence-electron chi connectivity index (χ1n) is 10.9. The summed E-state index contributed by atoms with van der Waals surface area (Å²) in [6, 6.07) is 18.2. The van der Waals surface area contributed by atoms with E-state index in [1.807, 2.05) is 64.1 Å². The van der Waals surface area contributed by atoms with E-state index in [1.165, 1.54) is 0 Å². The zero-order chi connectivity index (χ0) is 24.0. The first kappa shape index (κ1) is 24.3. The molecule has 3 aromatic rings. The van der Waals surface area contributed by atoms with Gasteiger partial charge in [0.25, 0.3) is 5.91 Å². The number of hydrogen-bond donors (Lipinski definition) is 1. The second-order valence-electron chi connectivity index (χ2n) is 8.22. The normalized spacial score (nSPS) is 10.9. The third-order valence-electron chi connectivity index (χ3n) is 4.78. The molecule has 3 rings (SSSR count). The number of benzene rings is 3. The summed E-state index contributed by atoms with van der Waals surface area (Å²) < 4.78 is 11.6. The standard InChI is InChI=1S/C27H28ClNO4/c1-17(2)32-23-9-10-24(25(28)14-23)27(31)29-15-22-13-21(8-11-26(22)33-18(3)4)20-7-5-6-19(12-20)16-30/h5-14,16-18H,15H2,1-4H3,(H,29,31). The van der Waals surface area contributed by atoms with E-state index in [0.717, 1.165) is 23.0 Å². The fraction of sp³-hybridized carbons (Fsp3) is 0.259. The van der Waals surface area contributed by atoms with Crippen molar-refractivity contribution in [2.45, 2.75) is 46.4 Å². The summed E-state index contributed by atoms with van der Waals surface area (Å²) in [5.41, 5.74) is 3.62. The van der Waals surface area contributed by atoms with Gasteiger partial charge in [0.1, 0.15) is 17.8 Å². The quantitative estimate of drug-likeness (QED) is 0.375. The lowest BCUT2D eigenvalue weighted by Gasteiger charge is -2.17. The highest BCUT2D eigenvalue weighted by atomic mass is 35.5. The van der Waals surface area contributed by atoms with Crippen LogP contribution in [0.4, 0.5) is 0 Å². The van der Waals surface area contributed by atoms with E-state index in [0.29, 0.717) is 27.6 Å². The fourth-order valence-electron chi connectivity index (χ4n) is 3.35. The Hall–Kier alpha value is -3.31. The average Bonchev–Trinajstić information content (AvgIpc) is 2.77. The van der Waals surface area contributed by atoms with Crippen LogP contribution in [0.3, 0.4) is 0 Å². The van der Waals surface area contributed by atoms with Gasteiger partial charge < -0.3 is 14.8 Å². The Morgan fingerprint density at radius 1 is 0.939 bits per heavy atom. The van der Waals surface area contributed by atoms with E-state index in [2.05, 4.69) is 5.32 Å². The molecule has 1 N–H and O–H groups in total. The van der Waals surface area contributed by atoms with Crippen LogP contribution in [0.1, 0.15) is 54.0 Å². The van der Waals surface area contributed by atoms with Gasteiger partial charge in [-0.15, -0.1) is 0 Å². The Kier molecular flexibility index (Phi) is 8.12. The summed E-state index contributed by atoms with van der Waals surface area (Å²) in [5, 5.41) is 3.25. The molecule has 6 heteroatoms. The molecule has 0 bridgehead atoms. The van der Waals surface area contributed by atoms with Crippen molar-refractivity contribution in [3.05, 3.63) is 82.4 Å². The van der Waals surface area contributed by atoms with Crippen LogP contribution in [0.2, 0.25) is 5.02 Å². The summed E-state index contributed by atoms with van der Waals surface area (Å²) in [6.45, 7) is 8.00. The highest BCUT2D eigenvalue weighted by molar-refractivity contribution is 6.34. The predicted octanol–water partition coefficient (Wildman–Crippen LogP) is 6.32. The number of rotatable bonds is 9. The summed E-state index contributed by atoms with van der Waals surface area (Å²) in [5.74, 6) is 1.01. The molecule has 0 heterocycles. The molecule has 0 saturated heterocycles. The molecular weight excluding hydrogens is 438 g/mol. The van der Waals surface area contributed by atoms with Crippen LogP contribution in [0.15, 0.2) is 60.7 Å². The Morgan fingerprint density at radius 2 is 1.67 bits per heavy atom. The molecule has 0 aliphatic carbocycles. The Balaban J connectivity index is 1.83. The van der Waals surface area contributed by atoms with E-state index in [1.54, 1.807) is 24.3 Å². The minimum Gasteiger partial charge on any atom is -0.491 e. The fourth-order valence-corrected chi connectivity index (χ4v) is 3.61. The van der Waals surface area contributed by atoms with Gasteiger partial charge in [-0.2, -0.15) is 0 Å². The van der Waals surface area contributed by atoms with Crippen LogP contribution in [-0.4, -0.2) is 24.4 Å². The lowest BCUT2D eigenvalue weighted by molar-refractivity contribution is 0.0950. The van der Waals surface area contributed by atoms with E-state index < -0.39 is 0 Å². The number of carbonyl (C=O) groups excluding carboxylic acids is 2. The molecule has 0 saturated carbocycles. The topological polar surface area (TPSA) is 64.6 Å². The monoisotopic (exact) mass is 465 g/mol. The molecule has 0 unspecified atom stereocenters. The molecule has 5 nitrogen and oxygen atoms in total. The van der Waals surface area contributed by atoms with Gasteiger partial charge in [-0.25, -0.2) is 0 Å². The largest absolute Gasteiger partial charge is 0.491 e. The van der Waals surface area contributed by atoms with Crippen molar-refractivity contribution >= 4 is 23.8 Å². The lowest BCUT2D eigenvalue weighted by Crippen LogP contribution is -2.24. The minimum absolute atomic E-state index is 0.0135. The van der Waals surface area contributed by atoms with Crippen molar-refractivity contribution in [3.63, 3.8) is 0 Å². The van der Waals surface area contributed by atoms with Crippen LogP contribution in [0.5, 0.6) is 11.5 Å². The van der Waals surface area contributed by atoms with Gasteiger partial charge >= 0.3 is 0 Å². The van der Waals surface area contributed by atoms with Crippen LogP contribution < -0.4 is 14.8 Å². The number of hydrogen-bond acceptors (Lipinski definition) is 4. The van der Waals surface area contributed by atoms with E-state index in [9.17, 15) is 9.59 Å². The lowest BCUT2D eigenvalue weighted by atomic mass is 10.0. The summed E-state index contributed by atoms with van der Waals surface area (Å²) in [6.07, 6.45) is 0.813. The van der Waals surface area contributed by atoms with Gasteiger partial charge in [-0.05, 0) is 75.2 Å². The third kappa shape index (κ3) is 6.59. The van der Waals surface area contributed by atoms with E-state index >= 15 is 0 Å². The first-order valence-corrected chi connectivity index (χ1v) is 11.2. The summed E-state index contributed by atoms with van der Waals surface area (Å²) in [7, 11) is 0. The van der Waals surface area contributed by atoms with Crippen molar-refractivity contribution in [1.29, 1.82) is 0 Å². The van der Waals surface area contributed by atoms with Gasteiger partial charge in [-0.1, -0.05) is 35.9 Å². The number of aldehydes is 1. The maximum atomic E-state index is 12.8. The molecule has 3 aromatic carbocycles. The predicted molar refractivity (Wildman–Crippen MR) is 131 cm³/mol. The Morgan fingerprint density at radius 3 is 2.33 bits per heavy atom. The third-order valence-corrected chi connectivity index (χ3v) is 5.09. The van der Waals surface area contributed by atoms with Gasteiger partial charge in [0.15, 0.2) is 0 Å². The Labute approximate surface area is 199 Å². The van der Waals surface area contributed by atoms with Gasteiger partial charge in [0.05, 0.1) is 22.8 Å². The van der Waals surface area contributed by atoms with Gasteiger partial charge in [-0.3, -0.25) is 9.59 Å².